The van der Waals surface area contributed by atoms with Crippen LogP contribution < -0.4 is 5.32 Å². The molecule has 0 aliphatic carbocycles. The molecule has 0 aliphatic heterocycles. The van der Waals surface area contributed by atoms with Gasteiger partial charge in [0, 0.05) is 12.8 Å². The molecule has 6 nitrogen and oxygen atoms in total. The van der Waals surface area contributed by atoms with Crippen LogP contribution in [0.25, 0.3) is 0 Å². The van der Waals surface area contributed by atoms with Crippen molar-refractivity contribution in [3.05, 3.63) is 12.2 Å². The van der Waals surface area contributed by atoms with Crippen molar-refractivity contribution in [1.29, 1.82) is 0 Å². The van der Waals surface area contributed by atoms with Crippen LogP contribution in [0.3, 0.4) is 0 Å². The van der Waals surface area contributed by atoms with Crippen LogP contribution in [-0.4, -0.2) is 47.4 Å². The summed E-state index contributed by atoms with van der Waals surface area (Å²) in [6.45, 7) is 4.93. The third kappa shape index (κ3) is 44.2. The summed E-state index contributed by atoms with van der Waals surface area (Å²) in [5, 5.41) is 23.2. The summed E-state index contributed by atoms with van der Waals surface area (Å²) in [7, 11) is 0. The van der Waals surface area contributed by atoms with E-state index >= 15 is 0 Å². The summed E-state index contributed by atoms with van der Waals surface area (Å²) in [5.74, 6) is -0.0537. The minimum atomic E-state index is -0.672. The second-order valence-electron chi connectivity index (χ2n) is 17.9. The Balaban J connectivity index is 3.46. The third-order valence-corrected chi connectivity index (χ3v) is 12.1. The highest BCUT2D eigenvalue weighted by molar-refractivity contribution is 5.76. The van der Waals surface area contributed by atoms with Crippen LogP contribution in [0.5, 0.6) is 0 Å². The number of hydrogen-bond donors (Lipinski definition) is 3. The number of allylic oxidation sites excluding steroid dienone is 2. The molecule has 0 bridgehead atoms. The number of nitrogens with one attached hydrogen (secondary N) is 1. The minimum Gasteiger partial charge on any atom is -0.466 e. The van der Waals surface area contributed by atoms with Gasteiger partial charge in [0.1, 0.15) is 0 Å². The summed E-state index contributed by atoms with van der Waals surface area (Å²) in [6, 6.07) is -0.551. The summed E-state index contributed by atoms with van der Waals surface area (Å²) in [5.41, 5.74) is 0. The Labute approximate surface area is 361 Å². The quantitative estimate of drug-likeness (QED) is 0.0323. The topological polar surface area (TPSA) is 95.9 Å². The zero-order chi connectivity index (χ0) is 42.3. The van der Waals surface area contributed by atoms with Crippen molar-refractivity contribution in [1.82, 2.24) is 5.32 Å². The largest absolute Gasteiger partial charge is 0.466 e. The Morgan fingerprint density at radius 1 is 0.466 bits per heavy atom. The van der Waals surface area contributed by atoms with E-state index < -0.39 is 12.1 Å². The smallest absolute Gasteiger partial charge is 0.305 e. The molecule has 344 valence electrons. The molecule has 0 fully saturated rings. The van der Waals surface area contributed by atoms with Crippen molar-refractivity contribution in [2.45, 2.75) is 296 Å². The zero-order valence-electron chi connectivity index (χ0n) is 39.0. The Morgan fingerprint density at radius 3 is 1.22 bits per heavy atom. The highest BCUT2D eigenvalue weighted by atomic mass is 16.5. The van der Waals surface area contributed by atoms with Gasteiger partial charge in [-0.25, -0.2) is 0 Å². The molecule has 0 aliphatic rings. The molecule has 0 aromatic heterocycles. The molecule has 2 unspecified atom stereocenters. The van der Waals surface area contributed by atoms with Gasteiger partial charge in [-0.05, 0) is 51.4 Å². The number of hydrogen-bond acceptors (Lipinski definition) is 5. The number of carbonyl (C=O) groups excluding carboxylic acids is 2. The Morgan fingerprint density at radius 2 is 0.810 bits per heavy atom. The Kier molecular flexibility index (Phi) is 47.1. The van der Waals surface area contributed by atoms with Gasteiger partial charge in [0.05, 0.1) is 25.4 Å². The lowest BCUT2D eigenvalue weighted by atomic mass is 10.0. The monoisotopic (exact) mass is 820 g/mol. The molecular weight excluding hydrogens is 719 g/mol. The second-order valence-corrected chi connectivity index (χ2v) is 17.9. The van der Waals surface area contributed by atoms with Gasteiger partial charge in [0.25, 0.3) is 0 Å². The van der Waals surface area contributed by atoms with E-state index in [-0.39, 0.29) is 18.5 Å². The first kappa shape index (κ1) is 56.6. The first-order valence-electron chi connectivity index (χ1n) is 25.9. The maximum Gasteiger partial charge on any atom is 0.305 e. The van der Waals surface area contributed by atoms with E-state index in [1.807, 2.05) is 0 Å². The normalized spacial score (nSPS) is 12.7. The number of unbranched alkanes of at least 4 members (excludes halogenated alkanes) is 35. The first-order valence-corrected chi connectivity index (χ1v) is 25.9. The second kappa shape index (κ2) is 48.3. The molecule has 0 aromatic carbocycles. The van der Waals surface area contributed by atoms with E-state index in [1.165, 1.54) is 186 Å². The van der Waals surface area contributed by atoms with Crippen LogP contribution in [0, 0.1) is 0 Å². The molecule has 58 heavy (non-hydrogen) atoms. The number of aliphatic hydroxyl groups is 2. The molecule has 0 spiro atoms. The van der Waals surface area contributed by atoms with E-state index in [1.54, 1.807) is 0 Å². The van der Waals surface area contributed by atoms with Crippen molar-refractivity contribution < 1.29 is 24.5 Å². The fraction of sp³-hybridized carbons (Fsp3) is 0.923. The molecule has 1 amide bonds. The molecule has 3 N–H and O–H groups in total. The molecule has 2 atom stereocenters. The molecular formula is C52H101NO5. The summed E-state index contributed by atoms with van der Waals surface area (Å²) >= 11 is 0. The highest BCUT2D eigenvalue weighted by Crippen LogP contribution is 2.16. The van der Waals surface area contributed by atoms with Crippen molar-refractivity contribution in [3.63, 3.8) is 0 Å². The van der Waals surface area contributed by atoms with Crippen molar-refractivity contribution in [2.75, 3.05) is 13.2 Å². The van der Waals surface area contributed by atoms with E-state index in [0.29, 0.717) is 25.9 Å². The van der Waals surface area contributed by atoms with Crippen LogP contribution in [0.15, 0.2) is 12.2 Å². The highest BCUT2D eigenvalue weighted by Gasteiger charge is 2.20. The molecule has 6 heteroatoms. The van der Waals surface area contributed by atoms with Gasteiger partial charge in [0.2, 0.25) is 5.91 Å². The van der Waals surface area contributed by atoms with Gasteiger partial charge in [0.15, 0.2) is 0 Å². The van der Waals surface area contributed by atoms with E-state index in [4.69, 9.17) is 4.74 Å². The van der Waals surface area contributed by atoms with Gasteiger partial charge < -0.3 is 20.3 Å². The lowest BCUT2D eigenvalue weighted by Crippen LogP contribution is -2.45. The molecule has 0 rings (SSSR count). The average Bonchev–Trinajstić information content (AvgIpc) is 3.22. The zero-order valence-corrected chi connectivity index (χ0v) is 39.0. The van der Waals surface area contributed by atoms with Crippen LogP contribution in [0.2, 0.25) is 0 Å². The van der Waals surface area contributed by atoms with Crippen LogP contribution in [0.4, 0.5) is 0 Å². The number of aliphatic hydroxyl groups excluding tert-OH is 2. The standard InChI is InChI=1S/C52H101NO5/c1-3-5-7-9-11-13-15-21-24-28-32-36-40-44-50(55)49(48-54)53-51(56)45-41-37-33-29-25-22-19-17-18-20-23-27-31-35-39-43-47-58-52(57)46-42-38-34-30-26-16-14-12-10-8-6-4-2/h17,19,49-50,54-55H,3-16,18,20-48H2,1-2H3,(H,53,56)/b19-17-. The Bertz CT molecular complexity index is 863. The molecule has 0 saturated heterocycles. The summed E-state index contributed by atoms with van der Waals surface area (Å²) in [6.07, 6.45) is 54.6. The lowest BCUT2D eigenvalue weighted by molar-refractivity contribution is -0.143. The van der Waals surface area contributed by atoms with Gasteiger partial charge in [-0.3, -0.25) is 9.59 Å². The molecule has 0 heterocycles. The fourth-order valence-corrected chi connectivity index (χ4v) is 8.05. The maximum atomic E-state index is 12.4. The van der Waals surface area contributed by atoms with E-state index in [2.05, 4.69) is 31.3 Å². The van der Waals surface area contributed by atoms with Gasteiger partial charge in [-0.2, -0.15) is 0 Å². The lowest BCUT2D eigenvalue weighted by Gasteiger charge is -2.22. The average molecular weight is 820 g/mol. The third-order valence-electron chi connectivity index (χ3n) is 12.1. The number of amides is 1. The van der Waals surface area contributed by atoms with Crippen LogP contribution in [-0.2, 0) is 14.3 Å². The van der Waals surface area contributed by atoms with Gasteiger partial charge in [-0.15, -0.1) is 0 Å². The molecule has 0 saturated carbocycles. The molecule has 0 aromatic rings. The summed E-state index contributed by atoms with van der Waals surface area (Å²) in [4.78, 5) is 24.4. The van der Waals surface area contributed by atoms with Crippen molar-refractivity contribution in [2.24, 2.45) is 0 Å². The summed E-state index contributed by atoms with van der Waals surface area (Å²) < 4.78 is 5.45. The predicted molar refractivity (Wildman–Crippen MR) is 250 cm³/mol. The van der Waals surface area contributed by atoms with E-state index in [9.17, 15) is 19.8 Å². The minimum absolute atomic E-state index is 0.00207. The first-order chi connectivity index (χ1) is 28.5. The van der Waals surface area contributed by atoms with Gasteiger partial charge >= 0.3 is 5.97 Å². The van der Waals surface area contributed by atoms with Crippen molar-refractivity contribution >= 4 is 11.9 Å². The number of esters is 1. The molecule has 0 radical (unpaired) electrons. The van der Waals surface area contributed by atoms with Gasteiger partial charge in [-0.1, -0.05) is 231 Å². The predicted octanol–water partition coefficient (Wildman–Crippen LogP) is 15.3. The maximum absolute atomic E-state index is 12.4. The van der Waals surface area contributed by atoms with Crippen molar-refractivity contribution in [3.8, 4) is 0 Å². The van der Waals surface area contributed by atoms with E-state index in [0.717, 1.165) is 64.2 Å². The number of ether oxygens (including phenoxy) is 1. The Hall–Kier alpha value is -1.40. The van der Waals surface area contributed by atoms with Crippen LogP contribution in [0.1, 0.15) is 284 Å². The van der Waals surface area contributed by atoms with Crippen LogP contribution >= 0.6 is 0 Å². The SMILES string of the molecule is CCCCCCCCCCCCCCCC(O)C(CO)NC(=O)CCCCCCC/C=C\CCCCCCCCCOC(=O)CCCCCCCCCCCCCC. The number of rotatable bonds is 48. The fourth-order valence-electron chi connectivity index (χ4n) is 8.05. The number of carbonyl (C=O) groups is 2.